The number of rotatable bonds is 6. The fraction of sp³-hybridized carbons (Fsp3) is 0.500. The molecule has 6 heteroatoms. The van der Waals surface area contributed by atoms with Crippen molar-refractivity contribution in [3.05, 3.63) is 22.2 Å². The summed E-state index contributed by atoms with van der Waals surface area (Å²) in [5.41, 5.74) is 0.890. The molecule has 1 atom stereocenters. The maximum absolute atomic E-state index is 11.7. The quantitative estimate of drug-likeness (QED) is 0.775. The van der Waals surface area contributed by atoms with Crippen LogP contribution in [0.5, 0.6) is 11.5 Å². The number of hydrogen-bond donors (Lipinski definition) is 2. The Hall–Kier alpha value is -1.27. The molecule has 0 aromatic heterocycles. The van der Waals surface area contributed by atoms with E-state index in [2.05, 4.69) is 21.2 Å². The number of methoxy groups -OCH3 is 2. The molecule has 0 aliphatic heterocycles. The van der Waals surface area contributed by atoms with E-state index in [1.165, 1.54) is 14.2 Å². The average Bonchev–Trinajstić information content (AvgIpc) is 2.41. The minimum Gasteiger partial charge on any atom is -0.503 e. The van der Waals surface area contributed by atoms with Gasteiger partial charge in [-0.25, -0.2) is 0 Å². The fourth-order valence-corrected chi connectivity index (χ4v) is 2.32. The van der Waals surface area contributed by atoms with E-state index in [1.54, 1.807) is 12.1 Å². The summed E-state index contributed by atoms with van der Waals surface area (Å²) in [6, 6.07) is 3.12. The van der Waals surface area contributed by atoms with Crippen LogP contribution in [-0.4, -0.2) is 31.3 Å². The average molecular weight is 346 g/mol. The Morgan fingerprint density at radius 3 is 2.55 bits per heavy atom. The summed E-state index contributed by atoms with van der Waals surface area (Å²) in [6.07, 6.45) is 0. The number of carbonyl (C=O) groups excluding carboxylic acids is 1. The van der Waals surface area contributed by atoms with Crippen molar-refractivity contribution in [2.45, 2.75) is 26.4 Å². The molecule has 0 unspecified atom stereocenters. The third kappa shape index (κ3) is 4.11. The highest BCUT2D eigenvalue weighted by molar-refractivity contribution is 9.10. The summed E-state index contributed by atoms with van der Waals surface area (Å²) < 4.78 is 10.4. The van der Waals surface area contributed by atoms with Crippen molar-refractivity contribution in [3.8, 4) is 11.5 Å². The van der Waals surface area contributed by atoms with Crippen molar-refractivity contribution in [3.63, 3.8) is 0 Å². The van der Waals surface area contributed by atoms with Gasteiger partial charge in [0, 0.05) is 6.54 Å². The van der Waals surface area contributed by atoms with E-state index in [4.69, 9.17) is 9.47 Å². The van der Waals surface area contributed by atoms with Crippen molar-refractivity contribution in [1.29, 1.82) is 0 Å². The molecule has 1 aromatic rings. The SMILES string of the molecule is COC(=O)[C@@H](NCc1cc(Br)c(O)c(OC)c1)C(C)C. The molecule has 0 fully saturated rings. The van der Waals surface area contributed by atoms with Gasteiger partial charge in [0.05, 0.1) is 18.7 Å². The molecule has 0 saturated heterocycles. The number of phenolic OH excluding ortho intramolecular Hbond substituents is 1. The Bertz CT molecular complexity index is 476. The number of benzene rings is 1. The van der Waals surface area contributed by atoms with Crippen LogP contribution in [-0.2, 0) is 16.1 Å². The molecule has 0 saturated carbocycles. The topological polar surface area (TPSA) is 67.8 Å². The van der Waals surface area contributed by atoms with Gasteiger partial charge in [-0.3, -0.25) is 4.79 Å². The lowest BCUT2D eigenvalue weighted by molar-refractivity contribution is -0.144. The Morgan fingerprint density at radius 1 is 1.40 bits per heavy atom. The van der Waals surface area contributed by atoms with E-state index in [-0.39, 0.29) is 23.7 Å². The van der Waals surface area contributed by atoms with Crippen LogP contribution >= 0.6 is 15.9 Å². The first-order valence-electron chi connectivity index (χ1n) is 6.27. The monoisotopic (exact) mass is 345 g/mol. The molecule has 0 aliphatic rings. The second-order valence-corrected chi connectivity index (χ2v) is 5.61. The van der Waals surface area contributed by atoms with Crippen molar-refractivity contribution in [1.82, 2.24) is 5.32 Å². The predicted molar refractivity (Wildman–Crippen MR) is 79.8 cm³/mol. The standard InChI is InChI=1S/C14H20BrNO4/c1-8(2)12(14(18)20-4)16-7-9-5-10(15)13(17)11(6-9)19-3/h5-6,8,12,16-17H,7H2,1-4H3/t12-/m0/s1. The number of aromatic hydroxyl groups is 1. The summed E-state index contributed by atoms with van der Waals surface area (Å²) >= 11 is 3.27. The summed E-state index contributed by atoms with van der Waals surface area (Å²) in [6.45, 7) is 4.36. The lowest BCUT2D eigenvalue weighted by Crippen LogP contribution is -2.41. The van der Waals surface area contributed by atoms with Gasteiger partial charge in [-0.2, -0.15) is 0 Å². The van der Waals surface area contributed by atoms with E-state index in [0.29, 0.717) is 16.8 Å². The van der Waals surface area contributed by atoms with Gasteiger partial charge in [0.15, 0.2) is 11.5 Å². The van der Waals surface area contributed by atoms with E-state index < -0.39 is 0 Å². The molecule has 2 N–H and O–H groups in total. The molecule has 0 radical (unpaired) electrons. The maximum atomic E-state index is 11.7. The third-order valence-corrected chi connectivity index (χ3v) is 3.56. The number of halogens is 1. The predicted octanol–water partition coefficient (Wildman–Crippen LogP) is 2.45. The number of ether oxygens (including phenoxy) is 2. The maximum Gasteiger partial charge on any atom is 0.323 e. The van der Waals surface area contributed by atoms with E-state index >= 15 is 0 Å². The van der Waals surface area contributed by atoms with Crippen LogP contribution in [0.3, 0.4) is 0 Å². The highest BCUT2D eigenvalue weighted by Gasteiger charge is 2.22. The van der Waals surface area contributed by atoms with Crippen LogP contribution in [0.25, 0.3) is 0 Å². The lowest BCUT2D eigenvalue weighted by Gasteiger charge is -2.20. The number of phenols is 1. The molecular formula is C14H20BrNO4. The van der Waals surface area contributed by atoms with Crippen LogP contribution in [0.2, 0.25) is 0 Å². The Labute approximate surface area is 127 Å². The number of nitrogens with one attached hydrogen (secondary N) is 1. The van der Waals surface area contributed by atoms with Crippen LogP contribution in [0.1, 0.15) is 19.4 Å². The van der Waals surface area contributed by atoms with Crippen LogP contribution < -0.4 is 10.1 Å². The molecule has 5 nitrogen and oxygen atoms in total. The third-order valence-electron chi connectivity index (χ3n) is 2.96. The highest BCUT2D eigenvalue weighted by Crippen LogP contribution is 2.35. The number of carbonyl (C=O) groups is 1. The largest absolute Gasteiger partial charge is 0.503 e. The Balaban J connectivity index is 2.83. The Kier molecular flexibility index (Phi) is 6.29. The fourth-order valence-electron chi connectivity index (χ4n) is 1.83. The Morgan fingerprint density at radius 2 is 2.05 bits per heavy atom. The first kappa shape index (κ1) is 16.8. The van der Waals surface area contributed by atoms with Gasteiger partial charge in [-0.1, -0.05) is 13.8 Å². The van der Waals surface area contributed by atoms with E-state index in [9.17, 15) is 9.90 Å². The number of esters is 1. The molecule has 1 rings (SSSR count). The van der Waals surface area contributed by atoms with E-state index in [0.717, 1.165) is 5.56 Å². The summed E-state index contributed by atoms with van der Waals surface area (Å²) in [5, 5.41) is 12.9. The van der Waals surface area contributed by atoms with Crippen LogP contribution in [0, 0.1) is 5.92 Å². The molecular weight excluding hydrogens is 326 g/mol. The van der Waals surface area contributed by atoms with Crippen LogP contribution in [0.4, 0.5) is 0 Å². The molecule has 0 aliphatic carbocycles. The molecule has 0 spiro atoms. The second kappa shape index (κ2) is 7.50. The lowest BCUT2D eigenvalue weighted by atomic mass is 10.0. The summed E-state index contributed by atoms with van der Waals surface area (Å²) in [5.74, 6) is 0.273. The minimum atomic E-state index is -0.376. The van der Waals surface area contributed by atoms with Gasteiger partial charge < -0.3 is 19.9 Å². The molecule has 112 valence electrons. The summed E-state index contributed by atoms with van der Waals surface area (Å²) in [7, 11) is 2.86. The van der Waals surface area contributed by atoms with Crippen molar-refractivity contribution in [2.24, 2.45) is 5.92 Å². The summed E-state index contributed by atoms with van der Waals surface area (Å²) in [4.78, 5) is 11.7. The zero-order valence-electron chi connectivity index (χ0n) is 12.1. The minimum absolute atomic E-state index is 0.0598. The normalized spacial score (nSPS) is 12.3. The smallest absolute Gasteiger partial charge is 0.323 e. The second-order valence-electron chi connectivity index (χ2n) is 4.75. The zero-order valence-corrected chi connectivity index (χ0v) is 13.7. The molecule has 0 amide bonds. The van der Waals surface area contributed by atoms with Gasteiger partial charge in [-0.15, -0.1) is 0 Å². The molecule has 1 aromatic carbocycles. The number of hydrogen-bond acceptors (Lipinski definition) is 5. The first-order valence-corrected chi connectivity index (χ1v) is 7.06. The van der Waals surface area contributed by atoms with Gasteiger partial charge in [0.1, 0.15) is 6.04 Å². The van der Waals surface area contributed by atoms with Gasteiger partial charge >= 0.3 is 5.97 Å². The van der Waals surface area contributed by atoms with Crippen molar-refractivity contribution < 1.29 is 19.4 Å². The molecule has 20 heavy (non-hydrogen) atoms. The van der Waals surface area contributed by atoms with Gasteiger partial charge in [0.25, 0.3) is 0 Å². The molecule has 0 heterocycles. The van der Waals surface area contributed by atoms with E-state index in [1.807, 2.05) is 13.8 Å². The van der Waals surface area contributed by atoms with Crippen LogP contribution in [0.15, 0.2) is 16.6 Å². The van der Waals surface area contributed by atoms with Gasteiger partial charge in [0.2, 0.25) is 0 Å². The first-order chi connectivity index (χ1) is 9.40. The molecule has 0 bridgehead atoms. The highest BCUT2D eigenvalue weighted by atomic mass is 79.9. The van der Waals surface area contributed by atoms with Crippen molar-refractivity contribution >= 4 is 21.9 Å². The van der Waals surface area contributed by atoms with Crippen molar-refractivity contribution in [2.75, 3.05) is 14.2 Å². The zero-order chi connectivity index (χ0) is 15.3. The van der Waals surface area contributed by atoms with Gasteiger partial charge in [-0.05, 0) is 39.5 Å².